The Balaban J connectivity index is 1.70. The zero-order valence-electron chi connectivity index (χ0n) is 11.5. The van der Waals surface area contributed by atoms with Crippen LogP contribution in [0, 0.1) is 0 Å². The van der Waals surface area contributed by atoms with Crippen molar-refractivity contribution < 1.29 is 9.53 Å². The number of carbonyl (C=O) groups excluding carboxylic acids is 1. The first-order valence-electron chi connectivity index (χ1n) is 6.68. The van der Waals surface area contributed by atoms with E-state index in [1.54, 1.807) is 15.9 Å². The third-order valence-corrected chi connectivity index (χ3v) is 3.22. The molecule has 1 aliphatic rings. The van der Waals surface area contributed by atoms with Gasteiger partial charge in [-0.05, 0) is 19.8 Å². The van der Waals surface area contributed by atoms with Crippen molar-refractivity contribution in [2.75, 3.05) is 19.7 Å². The Labute approximate surface area is 112 Å². The molecule has 106 valence electrons. The monoisotopic (exact) mass is 267 g/mol. The van der Waals surface area contributed by atoms with Crippen LogP contribution >= 0.6 is 0 Å². The third kappa shape index (κ3) is 3.92. The molecule has 1 aromatic rings. The number of nitrogens with zero attached hydrogens (tertiary/aromatic N) is 4. The van der Waals surface area contributed by atoms with Gasteiger partial charge in [-0.25, -0.2) is 9.78 Å². The highest BCUT2D eigenvalue weighted by Gasteiger charge is 2.23. The number of hydrogen-bond donors (Lipinski definition) is 1. The molecule has 0 radical (unpaired) electrons. The molecule has 0 saturated carbocycles. The predicted octanol–water partition coefficient (Wildman–Crippen LogP) is 0.526. The molecular formula is C12H21N5O2. The Morgan fingerprint density at radius 3 is 2.84 bits per heavy atom. The molecule has 0 aromatic carbocycles. The largest absolute Gasteiger partial charge is 0.450 e. The van der Waals surface area contributed by atoms with Crippen molar-refractivity contribution in [1.82, 2.24) is 25.0 Å². The fourth-order valence-electron chi connectivity index (χ4n) is 2.18. The number of amides is 1. The number of aromatic nitrogens is 3. The molecule has 2 heterocycles. The lowest BCUT2D eigenvalue weighted by atomic mass is 10.1. The maximum absolute atomic E-state index is 11.5. The van der Waals surface area contributed by atoms with Crippen LogP contribution < -0.4 is 5.32 Å². The Hall–Kier alpha value is -1.63. The van der Waals surface area contributed by atoms with Crippen LogP contribution in [-0.4, -0.2) is 51.5 Å². The van der Waals surface area contributed by atoms with Gasteiger partial charge in [-0.15, -0.1) is 0 Å². The first-order valence-corrected chi connectivity index (χ1v) is 6.68. The lowest BCUT2D eigenvalue weighted by Crippen LogP contribution is -2.45. The smallest absolute Gasteiger partial charge is 0.409 e. The number of aryl methyl sites for hydroxylation is 1. The molecule has 1 fully saturated rings. The van der Waals surface area contributed by atoms with Crippen molar-refractivity contribution in [2.45, 2.75) is 32.4 Å². The number of likely N-dealkylation sites (tertiary alicyclic amines) is 1. The molecule has 1 aliphatic heterocycles. The molecule has 2 rings (SSSR count). The van der Waals surface area contributed by atoms with Crippen molar-refractivity contribution >= 4 is 6.09 Å². The van der Waals surface area contributed by atoms with Gasteiger partial charge in [0.1, 0.15) is 6.33 Å². The van der Waals surface area contributed by atoms with Crippen LogP contribution in [0.5, 0.6) is 0 Å². The van der Waals surface area contributed by atoms with E-state index in [1.807, 2.05) is 14.0 Å². The second-order valence-corrected chi connectivity index (χ2v) is 4.68. The van der Waals surface area contributed by atoms with E-state index in [0.29, 0.717) is 19.2 Å². The zero-order chi connectivity index (χ0) is 13.7. The van der Waals surface area contributed by atoms with Crippen molar-refractivity contribution in [3.05, 3.63) is 12.2 Å². The molecule has 1 aromatic heterocycles. The summed E-state index contributed by atoms with van der Waals surface area (Å²) in [6.07, 6.45) is 3.37. The van der Waals surface area contributed by atoms with Gasteiger partial charge in [-0.3, -0.25) is 4.68 Å². The van der Waals surface area contributed by atoms with Crippen LogP contribution in [0.3, 0.4) is 0 Å². The molecule has 0 atom stereocenters. The number of nitrogens with one attached hydrogen (secondary N) is 1. The Morgan fingerprint density at radius 1 is 1.53 bits per heavy atom. The third-order valence-electron chi connectivity index (χ3n) is 3.22. The quantitative estimate of drug-likeness (QED) is 0.861. The number of hydrogen-bond acceptors (Lipinski definition) is 5. The summed E-state index contributed by atoms with van der Waals surface area (Å²) in [6.45, 7) is 4.41. The van der Waals surface area contributed by atoms with E-state index >= 15 is 0 Å². The van der Waals surface area contributed by atoms with Crippen molar-refractivity contribution in [1.29, 1.82) is 0 Å². The van der Waals surface area contributed by atoms with Gasteiger partial charge in [0, 0.05) is 26.2 Å². The molecule has 1 amide bonds. The predicted molar refractivity (Wildman–Crippen MR) is 69.5 cm³/mol. The van der Waals surface area contributed by atoms with Crippen molar-refractivity contribution in [3.63, 3.8) is 0 Å². The average Bonchev–Trinajstić information content (AvgIpc) is 2.83. The van der Waals surface area contributed by atoms with E-state index in [-0.39, 0.29) is 6.09 Å². The van der Waals surface area contributed by atoms with Crippen LogP contribution in [0.4, 0.5) is 4.79 Å². The second kappa shape index (κ2) is 6.51. The maximum Gasteiger partial charge on any atom is 0.409 e. The van der Waals surface area contributed by atoms with E-state index in [0.717, 1.165) is 31.8 Å². The summed E-state index contributed by atoms with van der Waals surface area (Å²) in [5.41, 5.74) is 0. The summed E-state index contributed by atoms with van der Waals surface area (Å²) < 4.78 is 6.69. The Morgan fingerprint density at radius 2 is 2.26 bits per heavy atom. The van der Waals surface area contributed by atoms with Crippen LogP contribution in [0.25, 0.3) is 0 Å². The standard InChI is InChI=1S/C12H21N5O2/c1-3-19-12(18)17-6-4-10(5-7-17)13-8-11-14-9-16(2)15-11/h9-10,13H,3-8H2,1-2H3. The first kappa shape index (κ1) is 13.8. The first-order chi connectivity index (χ1) is 9.19. The number of carbonyl (C=O) groups is 1. The Bertz CT molecular complexity index is 412. The fraction of sp³-hybridized carbons (Fsp3) is 0.750. The molecule has 7 heteroatoms. The highest BCUT2D eigenvalue weighted by molar-refractivity contribution is 5.67. The minimum Gasteiger partial charge on any atom is -0.450 e. The minimum absolute atomic E-state index is 0.202. The van der Waals surface area contributed by atoms with Gasteiger partial charge in [0.25, 0.3) is 0 Å². The normalized spacial score (nSPS) is 16.6. The van der Waals surface area contributed by atoms with Gasteiger partial charge in [0.05, 0.1) is 13.2 Å². The summed E-state index contributed by atoms with van der Waals surface area (Å²) >= 11 is 0. The lowest BCUT2D eigenvalue weighted by Gasteiger charge is -2.31. The minimum atomic E-state index is -0.202. The molecule has 0 bridgehead atoms. The molecule has 1 N–H and O–H groups in total. The SMILES string of the molecule is CCOC(=O)N1CCC(NCc2ncn(C)n2)CC1. The van der Waals surface area contributed by atoms with Crippen molar-refractivity contribution in [3.8, 4) is 0 Å². The van der Waals surface area contributed by atoms with Crippen LogP contribution in [-0.2, 0) is 18.3 Å². The van der Waals surface area contributed by atoms with Gasteiger partial charge in [0.15, 0.2) is 5.82 Å². The van der Waals surface area contributed by atoms with Crippen molar-refractivity contribution in [2.24, 2.45) is 7.05 Å². The van der Waals surface area contributed by atoms with E-state index in [9.17, 15) is 4.79 Å². The fourth-order valence-corrected chi connectivity index (χ4v) is 2.18. The zero-order valence-corrected chi connectivity index (χ0v) is 11.5. The summed E-state index contributed by atoms with van der Waals surface area (Å²) in [5, 5.41) is 7.65. The Kier molecular flexibility index (Phi) is 4.73. The lowest BCUT2D eigenvalue weighted by molar-refractivity contribution is 0.0949. The molecule has 0 unspecified atom stereocenters. The van der Waals surface area contributed by atoms with E-state index < -0.39 is 0 Å². The molecular weight excluding hydrogens is 246 g/mol. The second-order valence-electron chi connectivity index (χ2n) is 4.68. The average molecular weight is 267 g/mol. The summed E-state index contributed by atoms with van der Waals surface area (Å²) in [7, 11) is 1.86. The van der Waals surface area contributed by atoms with Crippen LogP contribution in [0.1, 0.15) is 25.6 Å². The number of piperidine rings is 1. The van der Waals surface area contributed by atoms with Gasteiger partial charge >= 0.3 is 6.09 Å². The molecule has 7 nitrogen and oxygen atoms in total. The van der Waals surface area contributed by atoms with Gasteiger partial charge < -0.3 is 15.0 Å². The van der Waals surface area contributed by atoms with Gasteiger partial charge in [0.2, 0.25) is 0 Å². The topological polar surface area (TPSA) is 72.3 Å². The van der Waals surface area contributed by atoms with E-state index in [4.69, 9.17) is 4.74 Å². The number of rotatable bonds is 4. The molecule has 19 heavy (non-hydrogen) atoms. The van der Waals surface area contributed by atoms with Crippen LogP contribution in [0.2, 0.25) is 0 Å². The molecule has 1 saturated heterocycles. The van der Waals surface area contributed by atoms with E-state index in [1.165, 1.54) is 0 Å². The van der Waals surface area contributed by atoms with E-state index in [2.05, 4.69) is 15.4 Å². The summed E-state index contributed by atoms with van der Waals surface area (Å²) in [5.74, 6) is 0.801. The van der Waals surface area contributed by atoms with Gasteiger partial charge in [-0.2, -0.15) is 5.10 Å². The van der Waals surface area contributed by atoms with Crippen LogP contribution in [0.15, 0.2) is 6.33 Å². The number of ether oxygens (including phenoxy) is 1. The summed E-state index contributed by atoms with van der Waals surface area (Å²) in [6, 6.07) is 0.412. The maximum atomic E-state index is 11.5. The summed E-state index contributed by atoms with van der Waals surface area (Å²) in [4.78, 5) is 17.5. The molecule has 0 aliphatic carbocycles. The highest BCUT2D eigenvalue weighted by Crippen LogP contribution is 2.11. The molecule has 0 spiro atoms. The highest BCUT2D eigenvalue weighted by atomic mass is 16.6. The van der Waals surface area contributed by atoms with Gasteiger partial charge in [-0.1, -0.05) is 0 Å².